The molecule has 2 saturated heterocycles. The van der Waals surface area contributed by atoms with Gasteiger partial charge in [-0.25, -0.2) is 0 Å². The highest BCUT2D eigenvalue weighted by molar-refractivity contribution is 4.85. The first-order chi connectivity index (χ1) is 6.90. The molecule has 0 aromatic heterocycles. The van der Waals surface area contributed by atoms with Gasteiger partial charge in [0.15, 0.2) is 0 Å². The smallest absolute Gasteiger partial charge is 0.0585 e. The topological polar surface area (TPSA) is 35.5 Å². The molecule has 0 aromatic carbocycles. The molecule has 82 valence electrons. The van der Waals surface area contributed by atoms with Crippen LogP contribution in [0.5, 0.6) is 0 Å². The summed E-state index contributed by atoms with van der Waals surface area (Å²) in [6, 6.07) is 1.07. The fourth-order valence-corrected chi connectivity index (χ4v) is 2.74. The van der Waals surface area contributed by atoms with Crippen molar-refractivity contribution in [2.24, 2.45) is 0 Å². The molecule has 2 atom stereocenters. The van der Waals surface area contributed by atoms with E-state index in [0.717, 1.165) is 19.0 Å². The molecule has 2 rings (SSSR count). The lowest BCUT2D eigenvalue weighted by atomic mass is 9.96. The molecule has 0 aliphatic carbocycles. The van der Waals surface area contributed by atoms with Crippen LogP contribution in [0, 0.1) is 0 Å². The Morgan fingerprint density at radius 2 is 2.00 bits per heavy atom. The number of nitrogens with one attached hydrogen (secondary N) is 1. The zero-order chi connectivity index (χ0) is 9.80. The molecular weight excluding hydrogens is 176 g/mol. The fraction of sp³-hybridized carbons (Fsp3) is 1.00. The van der Waals surface area contributed by atoms with E-state index in [-0.39, 0.29) is 0 Å². The van der Waals surface area contributed by atoms with Crippen LogP contribution in [-0.4, -0.2) is 48.3 Å². The summed E-state index contributed by atoms with van der Waals surface area (Å²) < 4.78 is 0. The van der Waals surface area contributed by atoms with E-state index in [1.807, 2.05) is 0 Å². The first kappa shape index (κ1) is 10.4. The molecule has 3 heteroatoms. The van der Waals surface area contributed by atoms with Crippen molar-refractivity contribution in [1.29, 1.82) is 0 Å². The highest BCUT2D eigenvalue weighted by Gasteiger charge is 2.26. The van der Waals surface area contributed by atoms with Crippen LogP contribution in [0.25, 0.3) is 0 Å². The first-order valence-electron chi connectivity index (χ1n) is 5.98. The van der Waals surface area contributed by atoms with E-state index in [9.17, 15) is 0 Å². The number of hydrogen-bond donors (Lipinski definition) is 2. The predicted octanol–water partition coefficient (Wildman–Crippen LogP) is 0.585. The lowest BCUT2D eigenvalue weighted by Crippen LogP contribution is -2.50. The molecule has 0 amide bonds. The van der Waals surface area contributed by atoms with Crippen molar-refractivity contribution >= 4 is 0 Å². The first-order valence-corrected chi connectivity index (χ1v) is 5.98. The molecule has 2 aliphatic heterocycles. The summed E-state index contributed by atoms with van der Waals surface area (Å²) in [4.78, 5) is 2.63. The van der Waals surface area contributed by atoms with Crippen LogP contribution in [0.4, 0.5) is 0 Å². The normalized spacial score (nSPS) is 35.8. The van der Waals surface area contributed by atoms with Crippen molar-refractivity contribution in [2.75, 3.05) is 26.2 Å². The van der Waals surface area contributed by atoms with Gasteiger partial charge in [-0.15, -0.1) is 0 Å². The number of rotatable bonds is 2. The van der Waals surface area contributed by atoms with Gasteiger partial charge in [-0.2, -0.15) is 0 Å². The van der Waals surface area contributed by atoms with Crippen LogP contribution >= 0.6 is 0 Å². The molecule has 2 unspecified atom stereocenters. The summed E-state index contributed by atoms with van der Waals surface area (Å²) >= 11 is 0. The lowest BCUT2D eigenvalue weighted by molar-refractivity contribution is 0.103. The number of aliphatic hydroxyl groups excluding tert-OH is 1. The second-order valence-electron chi connectivity index (χ2n) is 4.61. The quantitative estimate of drug-likeness (QED) is 0.681. The zero-order valence-corrected chi connectivity index (χ0v) is 8.91. The van der Waals surface area contributed by atoms with Crippen molar-refractivity contribution in [1.82, 2.24) is 10.2 Å². The molecule has 2 heterocycles. The minimum Gasteiger partial charge on any atom is -0.395 e. The molecule has 0 saturated carbocycles. The van der Waals surface area contributed by atoms with Crippen molar-refractivity contribution in [3.8, 4) is 0 Å². The van der Waals surface area contributed by atoms with E-state index in [0.29, 0.717) is 12.6 Å². The minimum atomic E-state index is 0.296. The van der Waals surface area contributed by atoms with Crippen molar-refractivity contribution < 1.29 is 5.11 Å². The second-order valence-corrected chi connectivity index (χ2v) is 4.61. The number of nitrogens with zero attached hydrogens (tertiary/aromatic N) is 1. The van der Waals surface area contributed by atoms with Crippen molar-refractivity contribution in [2.45, 2.75) is 44.2 Å². The SMILES string of the molecule is OCC1CC(N2CCCCC2)CCN1. The number of piperidine rings is 2. The van der Waals surface area contributed by atoms with E-state index in [2.05, 4.69) is 10.2 Å². The zero-order valence-electron chi connectivity index (χ0n) is 8.91. The molecule has 2 N–H and O–H groups in total. The third-order valence-corrected chi connectivity index (χ3v) is 3.59. The van der Waals surface area contributed by atoms with E-state index in [1.165, 1.54) is 38.8 Å². The van der Waals surface area contributed by atoms with Gasteiger partial charge in [-0.3, -0.25) is 0 Å². The van der Waals surface area contributed by atoms with Crippen LogP contribution in [-0.2, 0) is 0 Å². The van der Waals surface area contributed by atoms with E-state index in [1.54, 1.807) is 0 Å². The van der Waals surface area contributed by atoms with Crippen LogP contribution in [0.2, 0.25) is 0 Å². The maximum absolute atomic E-state index is 9.13. The molecular formula is C11H22N2O. The standard InChI is InChI=1S/C11H22N2O/c14-9-10-8-11(4-5-12-10)13-6-2-1-3-7-13/h10-12,14H,1-9H2. The Labute approximate surface area is 86.5 Å². The summed E-state index contributed by atoms with van der Waals surface area (Å²) in [6.45, 7) is 3.93. The highest BCUT2D eigenvalue weighted by atomic mass is 16.3. The Morgan fingerprint density at radius 3 is 2.71 bits per heavy atom. The van der Waals surface area contributed by atoms with Gasteiger partial charge >= 0.3 is 0 Å². The van der Waals surface area contributed by atoms with Gasteiger partial charge in [-0.05, 0) is 45.3 Å². The Bertz CT molecular complexity index is 169. The third kappa shape index (κ3) is 2.47. The molecule has 14 heavy (non-hydrogen) atoms. The number of aliphatic hydroxyl groups is 1. The van der Waals surface area contributed by atoms with Crippen LogP contribution in [0.1, 0.15) is 32.1 Å². The monoisotopic (exact) mass is 198 g/mol. The van der Waals surface area contributed by atoms with Crippen LogP contribution in [0.15, 0.2) is 0 Å². The van der Waals surface area contributed by atoms with Crippen LogP contribution in [0.3, 0.4) is 0 Å². The predicted molar refractivity (Wildman–Crippen MR) is 57.3 cm³/mol. The lowest BCUT2D eigenvalue weighted by Gasteiger charge is -2.39. The minimum absolute atomic E-state index is 0.296. The van der Waals surface area contributed by atoms with Gasteiger partial charge in [0.1, 0.15) is 0 Å². The van der Waals surface area contributed by atoms with Crippen molar-refractivity contribution in [3.05, 3.63) is 0 Å². The van der Waals surface area contributed by atoms with Crippen LogP contribution < -0.4 is 5.32 Å². The Kier molecular flexibility index (Phi) is 3.79. The van der Waals surface area contributed by atoms with Gasteiger partial charge in [0.25, 0.3) is 0 Å². The molecule has 2 aliphatic rings. The van der Waals surface area contributed by atoms with Crippen molar-refractivity contribution in [3.63, 3.8) is 0 Å². The third-order valence-electron chi connectivity index (χ3n) is 3.59. The molecule has 0 radical (unpaired) electrons. The summed E-state index contributed by atoms with van der Waals surface area (Å²) in [6.07, 6.45) is 6.54. The van der Waals surface area contributed by atoms with Gasteiger partial charge in [0, 0.05) is 12.1 Å². The summed E-state index contributed by atoms with van der Waals surface area (Å²) in [5.74, 6) is 0. The number of hydrogen-bond acceptors (Lipinski definition) is 3. The maximum Gasteiger partial charge on any atom is 0.0585 e. The molecule has 0 aromatic rings. The van der Waals surface area contributed by atoms with Gasteiger partial charge in [0.05, 0.1) is 6.61 Å². The van der Waals surface area contributed by atoms with E-state index < -0.39 is 0 Å². The average Bonchev–Trinajstić information content (AvgIpc) is 2.30. The summed E-state index contributed by atoms with van der Waals surface area (Å²) in [5.41, 5.74) is 0. The second kappa shape index (κ2) is 5.10. The Hall–Kier alpha value is -0.120. The maximum atomic E-state index is 9.13. The molecule has 3 nitrogen and oxygen atoms in total. The van der Waals surface area contributed by atoms with Gasteiger partial charge in [-0.1, -0.05) is 6.42 Å². The fourth-order valence-electron chi connectivity index (χ4n) is 2.74. The molecule has 0 spiro atoms. The molecule has 0 bridgehead atoms. The Morgan fingerprint density at radius 1 is 1.21 bits per heavy atom. The molecule has 2 fully saturated rings. The average molecular weight is 198 g/mol. The van der Waals surface area contributed by atoms with Gasteiger partial charge < -0.3 is 15.3 Å². The summed E-state index contributed by atoms with van der Waals surface area (Å²) in [7, 11) is 0. The van der Waals surface area contributed by atoms with E-state index in [4.69, 9.17) is 5.11 Å². The largest absolute Gasteiger partial charge is 0.395 e. The Balaban J connectivity index is 1.83. The van der Waals surface area contributed by atoms with E-state index >= 15 is 0 Å². The highest BCUT2D eigenvalue weighted by Crippen LogP contribution is 2.19. The van der Waals surface area contributed by atoms with Gasteiger partial charge in [0.2, 0.25) is 0 Å². The summed E-state index contributed by atoms with van der Waals surface area (Å²) in [5, 5.41) is 12.5. The number of likely N-dealkylation sites (tertiary alicyclic amines) is 1.